The molecule has 6 heteroatoms. The molecule has 0 heterocycles. The first-order valence-corrected chi connectivity index (χ1v) is 31.5. The third-order valence-corrected chi connectivity index (χ3v) is 13.2. The van der Waals surface area contributed by atoms with E-state index in [2.05, 4.69) is 142 Å². The van der Waals surface area contributed by atoms with Crippen LogP contribution in [0.15, 0.2) is 122 Å². The average molecular weight is 1050 g/mol. The quantitative estimate of drug-likeness (QED) is 0.0261. The summed E-state index contributed by atoms with van der Waals surface area (Å²) in [7, 11) is 0. The van der Waals surface area contributed by atoms with Gasteiger partial charge in [-0.25, -0.2) is 0 Å². The fraction of sp³-hybridized carbons (Fsp3) is 0.671. The molecule has 0 saturated carbocycles. The number of unbranched alkanes of at least 4 members (excludes halogenated alkanes) is 25. The molecule has 76 heavy (non-hydrogen) atoms. The normalized spacial score (nSPS) is 12.9. The molecule has 0 amide bonds. The van der Waals surface area contributed by atoms with Crippen molar-refractivity contribution in [2.24, 2.45) is 0 Å². The summed E-state index contributed by atoms with van der Waals surface area (Å²) in [4.78, 5) is 38.1. The molecule has 0 aromatic rings. The predicted molar refractivity (Wildman–Crippen MR) is 330 cm³/mol. The topological polar surface area (TPSA) is 78.9 Å². The molecule has 0 fully saturated rings. The van der Waals surface area contributed by atoms with Crippen LogP contribution < -0.4 is 0 Å². The van der Waals surface area contributed by atoms with Crippen molar-refractivity contribution in [3.05, 3.63) is 122 Å². The van der Waals surface area contributed by atoms with Crippen LogP contribution in [0.3, 0.4) is 0 Å². The van der Waals surface area contributed by atoms with Gasteiger partial charge in [0.2, 0.25) is 0 Å². The summed E-state index contributed by atoms with van der Waals surface area (Å²) in [5.41, 5.74) is 0. The van der Waals surface area contributed by atoms with Crippen LogP contribution >= 0.6 is 0 Å². The van der Waals surface area contributed by atoms with Gasteiger partial charge in [-0.3, -0.25) is 14.4 Å². The Kier molecular flexibility index (Phi) is 59.9. The molecular formula is C70H116O6. The summed E-state index contributed by atoms with van der Waals surface area (Å²) in [5, 5.41) is 0. The Morgan fingerprint density at radius 3 is 0.816 bits per heavy atom. The van der Waals surface area contributed by atoms with Crippen molar-refractivity contribution in [1.82, 2.24) is 0 Å². The Hall–Kier alpha value is -4.19. The van der Waals surface area contributed by atoms with E-state index in [9.17, 15) is 14.4 Å². The number of esters is 3. The minimum atomic E-state index is -0.790. The Morgan fingerprint density at radius 1 is 0.276 bits per heavy atom. The molecule has 0 radical (unpaired) electrons. The molecule has 1 atom stereocenters. The fourth-order valence-corrected chi connectivity index (χ4v) is 8.49. The summed E-state index contributed by atoms with van der Waals surface area (Å²) in [6.45, 7) is 6.49. The van der Waals surface area contributed by atoms with E-state index < -0.39 is 6.10 Å². The summed E-state index contributed by atoms with van der Waals surface area (Å²) >= 11 is 0. The standard InChI is InChI=1S/C70H116O6/c1-4-7-10-13-16-19-21-23-25-27-28-29-30-31-32-33-34-35-36-37-38-39-40-41-42-43-45-46-48-51-54-57-60-63-69(72)75-66-67(65-74-68(71)62-59-56-53-50-18-15-12-9-6-3)76-70(73)64-61-58-55-52-49-47-44-26-24-22-20-17-14-11-8-5-2/h7,10,16,19,23,25-26,28-29,31-32,34-35,37-38,40-41,43-45,67H,4-6,8-9,11-15,17-18,20-22,24,27,30,33,36,39,42,46-66H2,1-3H3/b10-7-,19-16-,25-23-,29-28-,32-31-,35-34-,38-37-,41-40-,44-26-,45-43-. The van der Waals surface area contributed by atoms with Gasteiger partial charge in [-0.15, -0.1) is 0 Å². The Morgan fingerprint density at radius 2 is 0.513 bits per heavy atom. The molecule has 0 aliphatic rings. The highest BCUT2D eigenvalue weighted by Gasteiger charge is 2.19. The molecule has 0 aromatic heterocycles. The summed E-state index contributed by atoms with van der Waals surface area (Å²) in [5.74, 6) is -0.916. The van der Waals surface area contributed by atoms with Crippen LogP contribution in [-0.4, -0.2) is 37.2 Å². The average Bonchev–Trinajstić information content (AvgIpc) is 3.42. The van der Waals surface area contributed by atoms with Crippen molar-refractivity contribution in [3.8, 4) is 0 Å². The van der Waals surface area contributed by atoms with Crippen molar-refractivity contribution in [1.29, 1.82) is 0 Å². The number of hydrogen-bond acceptors (Lipinski definition) is 6. The van der Waals surface area contributed by atoms with Crippen molar-refractivity contribution in [2.45, 2.75) is 290 Å². The van der Waals surface area contributed by atoms with Gasteiger partial charge in [0.05, 0.1) is 0 Å². The highest BCUT2D eigenvalue weighted by Crippen LogP contribution is 2.15. The lowest BCUT2D eigenvalue weighted by atomic mass is 10.1. The molecule has 0 bridgehead atoms. The van der Waals surface area contributed by atoms with Crippen LogP contribution in [0.4, 0.5) is 0 Å². The first-order chi connectivity index (χ1) is 37.5. The number of allylic oxidation sites excluding steroid dienone is 20. The fourth-order valence-electron chi connectivity index (χ4n) is 8.49. The largest absolute Gasteiger partial charge is 0.462 e. The number of hydrogen-bond donors (Lipinski definition) is 0. The molecule has 432 valence electrons. The second kappa shape index (κ2) is 63.3. The Bertz CT molecular complexity index is 1590. The molecule has 0 rings (SSSR count). The van der Waals surface area contributed by atoms with Crippen LogP contribution in [-0.2, 0) is 28.6 Å². The number of carbonyl (C=O) groups is 3. The van der Waals surface area contributed by atoms with Crippen LogP contribution in [0.25, 0.3) is 0 Å². The monoisotopic (exact) mass is 1050 g/mol. The molecular weight excluding hydrogens is 937 g/mol. The smallest absolute Gasteiger partial charge is 0.306 e. The first-order valence-electron chi connectivity index (χ1n) is 31.5. The summed E-state index contributed by atoms with van der Waals surface area (Å²) in [6.07, 6.45) is 87.8. The van der Waals surface area contributed by atoms with Crippen LogP contribution in [0.1, 0.15) is 284 Å². The van der Waals surface area contributed by atoms with E-state index in [-0.39, 0.29) is 31.1 Å². The third-order valence-electron chi connectivity index (χ3n) is 13.2. The van der Waals surface area contributed by atoms with Gasteiger partial charge >= 0.3 is 17.9 Å². The Labute approximate surface area is 469 Å². The molecule has 0 spiro atoms. The summed E-state index contributed by atoms with van der Waals surface area (Å²) in [6, 6.07) is 0. The predicted octanol–water partition coefficient (Wildman–Crippen LogP) is 21.6. The van der Waals surface area contributed by atoms with Gasteiger partial charge < -0.3 is 14.2 Å². The summed E-state index contributed by atoms with van der Waals surface area (Å²) < 4.78 is 16.8. The minimum absolute atomic E-state index is 0.0872. The van der Waals surface area contributed by atoms with Crippen LogP contribution in [0, 0.1) is 0 Å². The Balaban J connectivity index is 4.25. The maximum Gasteiger partial charge on any atom is 0.306 e. The zero-order valence-electron chi connectivity index (χ0n) is 49.5. The zero-order chi connectivity index (χ0) is 55.0. The van der Waals surface area contributed by atoms with Crippen molar-refractivity contribution in [3.63, 3.8) is 0 Å². The minimum Gasteiger partial charge on any atom is -0.462 e. The van der Waals surface area contributed by atoms with Crippen molar-refractivity contribution in [2.75, 3.05) is 13.2 Å². The molecule has 0 aromatic carbocycles. The number of rotatable bonds is 56. The van der Waals surface area contributed by atoms with Gasteiger partial charge in [-0.05, 0) is 116 Å². The molecule has 6 nitrogen and oxygen atoms in total. The van der Waals surface area contributed by atoms with E-state index in [0.29, 0.717) is 19.3 Å². The van der Waals surface area contributed by atoms with E-state index in [1.54, 1.807) is 0 Å². The first kappa shape index (κ1) is 71.8. The van der Waals surface area contributed by atoms with Gasteiger partial charge in [0.25, 0.3) is 0 Å². The highest BCUT2D eigenvalue weighted by atomic mass is 16.6. The maximum atomic E-state index is 12.8. The van der Waals surface area contributed by atoms with Gasteiger partial charge in [0.15, 0.2) is 6.10 Å². The van der Waals surface area contributed by atoms with E-state index in [0.717, 1.165) is 148 Å². The van der Waals surface area contributed by atoms with E-state index in [4.69, 9.17) is 14.2 Å². The SMILES string of the molecule is CC/C=C\C/C=C\C/C=C\C/C=C\C/C=C\C/C=C\C/C=C\C/C=C\C/C=C\CCCCCCCC(=O)OCC(COC(=O)CCCCCCCCCCC)OC(=O)CCCCCCC/C=C\CCCCCCCCC. The third kappa shape index (κ3) is 60.7. The van der Waals surface area contributed by atoms with Gasteiger partial charge in [0, 0.05) is 19.3 Å². The lowest BCUT2D eigenvalue weighted by Crippen LogP contribution is -2.30. The molecule has 0 aliphatic heterocycles. The zero-order valence-corrected chi connectivity index (χ0v) is 49.5. The number of ether oxygens (including phenoxy) is 3. The molecule has 0 aliphatic carbocycles. The van der Waals surface area contributed by atoms with Gasteiger partial charge in [0.1, 0.15) is 13.2 Å². The van der Waals surface area contributed by atoms with Crippen molar-refractivity contribution < 1.29 is 28.6 Å². The number of carbonyl (C=O) groups excluding carboxylic acids is 3. The lowest BCUT2D eigenvalue weighted by Gasteiger charge is -2.18. The van der Waals surface area contributed by atoms with Crippen LogP contribution in [0.5, 0.6) is 0 Å². The van der Waals surface area contributed by atoms with E-state index >= 15 is 0 Å². The second-order valence-electron chi connectivity index (χ2n) is 20.6. The van der Waals surface area contributed by atoms with Gasteiger partial charge in [-0.2, -0.15) is 0 Å². The van der Waals surface area contributed by atoms with Crippen LogP contribution in [0.2, 0.25) is 0 Å². The highest BCUT2D eigenvalue weighted by molar-refractivity contribution is 5.71. The molecule has 1 unspecified atom stereocenters. The molecule has 0 saturated heterocycles. The van der Waals surface area contributed by atoms with Crippen molar-refractivity contribution >= 4 is 17.9 Å². The van der Waals surface area contributed by atoms with Gasteiger partial charge in [-0.1, -0.05) is 271 Å². The lowest BCUT2D eigenvalue weighted by molar-refractivity contribution is -0.167. The van der Waals surface area contributed by atoms with E-state index in [1.807, 2.05) is 0 Å². The van der Waals surface area contributed by atoms with E-state index in [1.165, 1.54) is 96.3 Å². The molecule has 0 N–H and O–H groups in total. The second-order valence-corrected chi connectivity index (χ2v) is 20.6. The maximum absolute atomic E-state index is 12.8.